The number of hydrogen-bond donors (Lipinski definition) is 1. The molecule has 0 spiro atoms. The Morgan fingerprint density at radius 3 is 2.79 bits per heavy atom. The molecule has 24 heavy (non-hydrogen) atoms. The summed E-state index contributed by atoms with van der Waals surface area (Å²) in [5.74, 6) is 1.65. The van der Waals surface area contributed by atoms with Crippen LogP contribution in [0.1, 0.15) is 29.6 Å². The van der Waals surface area contributed by atoms with Crippen LogP contribution in [0.4, 0.5) is 5.95 Å². The number of nitrogens with one attached hydrogen (secondary N) is 1. The van der Waals surface area contributed by atoms with Crippen LogP contribution in [0.15, 0.2) is 59.3 Å². The first-order chi connectivity index (χ1) is 11.7. The average Bonchev–Trinajstić information content (AvgIpc) is 3.10. The molecule has 5 nitrogen and oxygen atoms in total. The Morgan fingerprint density at radius 2 is 2.00 bits per heavy atom. The molecule has 0 amide bonds. The second-order valence-electron chi connectivity index (χ2n) is 5.80. The number of ether oxygens (including phenoxy) is 1. The van der Waals surface area contributed by atoms with E-state index in [4.69, 9.17) is 4.74 Å². The van der Waals surface area contributed by atoms with Gasteiger partial charge in [-0.2, -0.15) is 10.1 Å². The number of fused-ring (bicyclic) bond motifs is 1. The van der Waals surface area contributed by atoms with Gasteiger partial charge in [0, 0.05) is 4.47 Å². The molecule has 1 N–H and O–H groups in total. The third-order valence-electron chi connectivity index (χ3n) is 4.38. The van der Waals surface area contributed by atoms with Crippen molar-refractivity contribution in [2.24, 2.45) is 0 Å². The van der Waals surface area contributed by atoms with Gasteiger partial charge in [0.1, 0.15) is 12.1 Å². The van der Waals surface area contributed by atoms with E-state index < -0.39 is 0 Å². The lowest BCUT2D eigenvalue weighted by atomic mass is 9.93. The zero-order valence-corrected chi connectivity index (χ0v) is 14.8. The Hall–Kier alpha value is -2.34. The zero-order valence-electron chi connectivity index (χ0n) is 13.2. The molecular weight excluding hydrogens is 368 g/mol. The molecule has 2 aromatic carbocycles. The number of benzene rings is 2. The minimum atomic E-state index is 0.118. The second-order valence-corrected chi connectivity index (χ2v) is 6.72. The van der Waals surface area contributed by atoms with Crippen molar-refractivity contribution in [1.29, 1.82) is 0 Å². The Labute approximate surface area is 148 Å². The van der Waals surface area contributed by atoms with Crippen molar-refractivity contribution in [2.75, 3.05) is 12.4 Å². The molecular formula is C18H17BrN4O. The average molecular weight is 385 g/mol. The number of halogens is 1. The summed E-state index contributed by atoms with van der Waals surface area (Å²) in [6.45, 7) is 0. The largest absolute Gasteiger partial charge is 0.497 e. The summed E-state index contributed by atoms with van der Waals surface area (Å²) in [6, 6.07) is 16.9. The first kappa shape index (κ1) is 15.2. The van der Waals surface area contributed by atoms with E-state index in [9.17, 15) is 0 Å². The molecule has 2 heterocycles. The number of aromatic nitrogens is 3. The molecule has 122 valence electrons. The van der Waals surface area contributed by atoms with Crippen molar-refractivity contribution in [3.8, 4) is 5.75 Å². The topological polar surface area (TPSA) is 52.0 Å². The number of methoxy groups -OCH3 is 1. The molecule has 0 radical (unpaired) electrons. The quantitative estimate of drug-likeness (QED) is 0.735. The van der Waals surface area contributed by atoms with Crippen LogP contribution >= 0.6 is 15.9 Å². The normalized spacial score (nSPS) is 19.4. The summed E-state index contributed by atoms with van der Waals surface area (Å²) in [5.41, 5.74) is 2.41. The van der Waals surface area contributed by atoms with E-state index in [1.807, 2.05) is 16.8 Å². The molecule has 3 aromatic rings. The third kappa shape index (κ3) is 2.78. The van der Waals surface area contributed by atoms with Gasteiger partial charge in [-0.05, 0) is 41.8 Å². The molecule has 1 aromatic heterocycles. The fourth-order valence-corrected chi connectivity index (χ4v) is 3.42. The summed E-state index contributed by atoms with van der Waals surface area (Å²) in [6.07, 6.45) is 2.49. The number of hydrogen-bond acceptors (Lipinski definition) is 4. The Bertz CT molecular complexity index is 846. The SMILES string of the molecule is COc1cccc([C@@H]2C[C@@H](c3ccc(Br)cc3)Nc3ncnn32)c1. The van der Waals surface area contributed by atoms with Gasteiger partial charge in [-0.15, -0.1) is 0 Å². The van der Waals surface area contributed by atoms with Gasteiger partial charge in [0.25, 0.3) is 0 Å². The Balaban J connectivity index is 1.72. The molecule has 0 unspecified atom stereocenters. The molecule has 2 atom stereocenters. The van der Waals surface area contributed by atoms with Crippen LogP contribution < -0.4 is 10.1 Å². The van der Waals surface area contributed by atoms with Crippen LogP contribution in [0.5, 0.6) is 5.75 Å². The molecule has 0 fully saturated rings. The molecule has 0 saturated carbocycles. The Morgan fingerprint density at radius 1 is 1.17 bits per heavy atom. The lowest BCUT2D eigenvalue weighted by Crippen LogP contribution is -2.28. The van der Waals surface area contributed by atoms with Crippen LogP contribution in [0.3, 0.4) is 0 Å². The first-order valence-electron chi connectivity index (χ1n) is 7.80. The minimum absolute atomic E-state index is 0.118. The molecule has 1 aliphatic heterocycles. The molecule has 0 saturated heterocycles. The lowest BCUT2D eigenvalue weighted by Gasteiger charge is -2.32. The summed E-state index contributed by atoms with van der Waals surface area (Å²) in [5, 5.41) is 7.89. The van der Waals surface area contributed by atoms with E-state index in [0.717, 1.165) is 22.6 Å². The van der Waals surface area contributed by atoms with E-state index in [0.29, 0.717) is 0 Å². The maximum absolute atomic E-state index is 5.37. The van der Waals surface area contributed by atoms with E-state index in [1.54, 1.807) is 13.4 Å². The van der Waals surface area contributed by atoms with Gasteiger partial charge in [-0.3, -0.25) is 0 Å². The highest BCUT2D eigenvalue weighted by molar-refractivity contribution is 9.10. The smallest absolute Gasteiger partial charge is 0.222 e. The van der Waals surface area contributed by atoms with Crippen LogP contribution in [0, 0.1) is 0 Å². The minimum Gasteiger partial charge on any atom is -0.497 e. The van der Waals surface area contributed by atoms with E-state index in [2.05, 4.69) is 67.7 Å². The van der Waals surface area contributed by atoms with Crippen LogP contribution in [-0.4, -0.2) is 21.9 Å². The molecule has 0 aliphatic carbocycles. The highest BCUT2D eigenvalue weighted by atomic mass is 79.9. The van der Waals surface area contributed by atoms with Gasteiger partial charge in [0.05, 0.1) is 19.2 Å². The van der Waals surface area contributed by atoms with E-state index in [1.165, 1.54) is 11.1 Å². The third-order valence-corrected chi connectivity index (χ3v) is 4.91. The maximum atomic E-state index is 5.37. The van der Waals surface area contributed by atoms with Gasteiger partial charge in [-0.1, -0.05) is 40.2 Å². The fraction of sp³-hybridized carbons (Fsp3) is 0.222. The first-order valence-corrected chi connectivity index (χ1v) is 8.59. The van der Waals surface area contributed by atoms with Crippen LogP contribution in [0.2, 0.25) is 0 Å². The molecule has 4 rings (SSSR count). The van der Waals surface area contributed by atoms with E-state index in [-0.39, 0.29) is 12.1 Å². The van der Waals surface area contributed by atoms with Gasteiger partial charge in [0.2, 0.25) is 5.95 Å². The van der Waals surface area contributed by atoms with Crippen molar-refractivity contribution in [1.82, 2.24) is 14.8 Å². The number of nitrogens with zero attached hydrogens (tertiary/aromatic N) is 3. The van der Waals surface area contributed by atoms with Crippen molar-refractivity contribution in [3.05, 3.63) is 70.5 Å². The predicted octanol–water partition coefficient (Wildman–Crippen LogP) is 4.20. The zero-order chi connectivity index (χ0) is 16.5. The molecule has 0 bridgehead atoms. The summed E-state index contributed by atoms with van der Waals surface area (Å²) >= 11 is 3.49. The number of rotatable bonds is 3. The highest BCUT2D eigenvalue weighted by Gasteiger charge is 2.30. The van der Waals surface area contributed by atoms with Gasteiger partial charge < -0.3 is 10.1 Å². The van der Waals surface area contributed by atoms with Crippen molar-refractivity contribution >= 4 is 21.9 Å². The highest BCUT2D eigenvalue weighted by Crippen LogP contribution is 2.38. The molecule has 6 heteroatoms. The maximum Gasteiger partial charge on any atom is 0.222 e. The lowest BCUT2D eigenvalue weighted by molar-refractivity contribution is 0.406. The van der Waals surface area contributed by atoms with Crippen LogP contribution in [0.25, 0.3) is 0 Å². The standard InChI is InChI=1S/C18H17BrN4O/c1-24-15-4-2-3-13(9-15)17-10-16(12-5-7-14(19)8-6-12)22-18-20-11-21-23(17)18/h2-9,11,16-17H,10H2,1H3,(H,20,21,22)/t16-,17-/m0/s1. The van der Waals surface area contributed by atoms with Crippen LogP contribution in [-0.2, 0) is 0 Å². The van der Waals surface area contributed by atoms with Gasteiger partial charge >= 0.3 is 0 Å². The van der Waals surface area contributed by atoms with Crippen molar-refractivity contribution in [3.63, 3.8) is 0 Å². The second kappa shape index (κ2) is 6.28. The van der Waals surface area contributed by atoms with Gasteiger partial charge in [-0.25, -0.2) is 4.68 Å². The van der Waals surface area contributed by atoms with Gasteiger partial charge in [0.15, 0.2) is 0 Å². The van der Waals surface area contributed by atoms with E-state index >= 15 is 0 Å². The molecule has 1 aliphatic rings. The summed E-state index contributed by atoms with van der Waals surface area (Å²) < 4.78 is 8.40. The number of anilines is 1. The van der Waals surface area contributed by atoms with Crippen molar-refractivity contribution in [2.45, 2.75) is 18.5 Å². The van der Waals surface area contributed by atoms with Crippen molar-refractivity contribution < 1.29 is 4.74 Å². The Kier molecular flexibility index (Phi) is 3.98. The summed E-state index contributed by atoms with van der Waals surface area (Å²) in [7, 11) is 1.69. The fourth-order valence-electron chi connectivity index (χ4n) is 3.16. The monoisotopic (exact) mass is 384 g/mol. The summed E-state index contributed by atoms with van der Waals surface area (Å²) in [4.78, 5) is 4.37. The predicted molar refractivity (Wildman–Crippen MR) is 96.3 cm³/mol.